The first-order chi connectivity index (χ1) is 30.0. The number of esters is 3. The van der Waals surface area contributed by atoms with Crippen LogP contribution in [-0.4, -0.2) is 37.2 Å². The number of carbonyl (C=O) groups excluding carboxylic acids is 3. The predicted molar refractivity (Wildman–Crippen MR) is 261 cm³/mol. The second-order valence-electron chi connectivity index (χ2n) is 17.1. The second kappa shape index (κ2) is 49.8. The monoisotopic (exact) mass is 853 g/mol. The van der Waals surface area contributed by atoms with Crippen molar-refractivity contribution in [3.63, 3.8) is 0 Å². The van der Waals surface area contributed by atoms with Crippen molar-refractivity contribution >= 4 is 17.9 Å². The van der Waals surface area contributed by atoms with E-state index in [2.05, 4.69) is 81.5 Å². The number of hydrogen-bond donors (Lipinski definition) is 0. The van der Waals surface area contributed by atoms with Crippen molar-refractivity contribution in [2.24, 2.45) is 0 Å². The van der Waals surface area contributed by atoms with E-state index in [4.69, 9.17) is 14.2 Å². The highest BCUT2D eigenvalue weighted by Gasteiger charge is 2.19. The van der Waals surface area contributed by atoms with E-state index in [9.17, 15) is 14.4 Å². The lowest BCUT2D eigenvalue weighted by molar-refractivity contribution is -0.167. The van der Waals surface area contributed by atoms with E-state index >= 15 is 0 Å². The van der Waals surface area contributed by atoms with E-state index in [1.54, 1.807) is 0 Å². The van der Waals surface area contributed by atoms with Gasteiger partial charge in [0.1, 0.15) is 13.2 Å². The van der Waals surface area contributed by atoms with Crippen LogP contribution in [0.1, 0.15) is 252 Å². The Morgan fingerprint density at radius 2 is 0.639 bits per heavy atom. The van der Waals surface area contributed by atoms with E-state index < -0.39 is 6.10 Å². The molecule has 0 fully saturated rings. The fraction of sp³-hybridized carbons (Fsp3) is 0.764. The Kier molecular flexibility index (Phi) is 47.4. The molecule has 0 aromatic carbocycles. The molecule has 1 unspecified atom stereocenters. The van der Waals surface area contributed by atoms with Crippen LogP contribution in [0.15, 0.2) is 60.8 Å². The first-order valence-electron chi connectivity index (χ1n) is 25.8. The largest absolute Gasteiger partial charge is 0.462 e. The Labute approximate surface area is 377 Å². The smallest absolute Gasteiger partial charge is 0.306 e. The molecule has 0 aromatic heterocycles. The van der Waals surface area contributed by atoms with Gasteiger partial charge in [-0.2, -0.15) is 0 Å². The lowest BCUT2D eigenvalue weighted by Gasteiger charge is -2.18. The summed E-state index contributed by atoms with van der Waals surface area (Å²) >= 11 is 0. The Balaban J connectivity index is 4.35. The average molecular weight is 853 g/mol. The summed E-state index contributed by atoms with van der Waals surface area (Å²) in [4.78, 5) is 37.9. The standard InChI is InChI=1S/C55H96O6/c1-4-7-10-13-16-19-22-24-25-26-27-28-29-31-33-36-39-42-45-48-54(57)60-51-52(50-59-53(56)47-44-41-38-35-32-21-18-15-12-9-6-3)61-55(58)49-46-43-40-37-34-30-23-20-17-14-11-8-5-2/h11,14-16,18-20,23-25,52H,4-10,12-13,17,21-22,26-51H2,1-3H3/b14-11-,18-15-,19-16-,23-20-,25-24-. The number of unbranched alkanes of at least 4 members (excludes halogenated alkanes) is 25. The third-order valence-corrected chi connectivity index (χ3v) is 10.9. The highest BCUT2D eigenvalue weighted by atomic mass is 16.6. The topological polar surface area (TPSA) is 78.9 Å². The zero-order valence-corrected chi connectivity index (χ0v) is 40.2. The first kappa shape index (κ1) is 58.1. The molecule has 6 heteroatoms. The Bertz CT molecular complexity index is 1120. The van der Waals surface area contributed by atoms with Crippen molar-refractivity contribution in [3.8, 4) is 0 Å². The van der Waals surface area contributed by atoms with Crippen molar-refractivity contribution in [2.45, 2.75) is 258 Å². The molecule has 0 saturated carbocycles. The average Bonchev–Trinajstić information content (AvgIpc) is 3.26. The molecule has 1 atom stereocenters. The molecular weight excluding hydrogens is 757 g/mol. The summed E-state index contributed by atoms with van der Waals surface area (Å²) in [6.45, 7) is 6.49. The van der Waals surface area contributed by atoms with Crippen LogP contribution in [0.2, 0.25) is 0 Å². The van der Waals surface area contributed by atoms with Crippen molar-refractivity contribution in [1.29, 1.82) is 0 Å². The molecule has 0 aliphatic rings. The third kappa shape index (κ3) is 48.0. The first-order valence-corrected chi connectivity index (χ1v) is 25.8. The van der Waals surface area contributed by atoms with Crippen LogP contribution >= 0.6 is 0 Å². The van der Waals surface area contributed by atoms with Gasteiger partial charge in [-0.15, -0.1) is 0 Å². The maximum Gasteiger partial charge on any atom is 0.306 e. The summed E-state index contributed by atoms with van der Waals surface area (Å²) in [5.74, 6) is -0.911. The van der Waals surface area contributed by atoms with Crippen molar-refractivity contribution < 1.29 is 28.6 Å². The minimum absolute atomic E-state index is 0.0847. The van der Waals surface area contributed by atoms with E-state index in [0.29, 0.717) is 19.3 Å². The van der Waals surface area contributed by atoms with Crippen molar-refractivity contribution in [2.75, 3.05) is 13.2 Å². The molecule has 0 aliphatic heterocycles. The number of rotatable bonds is 46. The van der Waals surface area contributed by atoms with Crippen molar-refractivity contribution in [1.82, 2.24) is 0 Å². The number of hydrogen-bond acceptors (Lipinski definition) is 6. The van der Waals surface area contributed by atoms with Gasteiger partial charge in [-0.05, 0) is 96.3 Å². The van der Waals surface area contributed by atoms with Gasteiger partial charge in [0.25, 0.3) is 0 Å². The summed E-state index contributed by atoms with van der Waals surface area (Å²) in [6, 6.07) is 0. The molecule has 0 rings (SSSR count). The molecule has 352 valence electrons. The molecule has 0 N–H and O–H groups in total. The Morgan fingerprint density at radius 1 is 0.328 bits per heavy atom. The molecule has 61 heavy (non-hydrogen) atoms. The molecule has 0 aromatic rings. The minimum Gasteiger partial charge on any atom is -0.462 e. The van der Waals surface area contributed by atoms with Crippen LogP contribution in [-0.2, 0) is 28.6 Å². The second-order valence-corrected chi connectivity index (χ2v) is 17.1. The SMILES string of the molecule is CCC/C=C\C/C=C\CCCCCCCC(=O)OC(COC(=O)CCCCCCC/C=C\CCCC)COC(=O)CCCCCCCCCCC/C=C\C/C=C\CCCCC. The van der Waals surface area contributed by atoms with Gasteiger partial charge in [0.2, 0.25) is 0 Å². The van der Waals surface area contributed by atoms with E-state index in [-0.39, 0.29) is 31.1 Å². The summed E-state index contributed by atoms with van der Waals surface area (Å²) in [5, 5.41) is 0. The van der Waals surface area contributed by atoms with Crippen molar-refractivity contribution in [3.05, 3.63) is 60.8 Å². The van der Waals surface area contributed by atoms with Crippen LogP contribution in [0.5, 0.6) is 0 Å². The van der Waals surface area contributed by atoms with Gasteiger partial charge in [0, 0.05) is 19.3 Å². The maximum atomic E-state index is 12.8. The van der Waals surface area contributed by atoms with E-state index in [1.807, 2.05) is 0 Å². The summed E-state index contributed by atoms with van der Waals surface area (Å²) in [5.41, 5.74) is 0. The molecule has 0 spiro atoms. The van der Waals surface area contributed by atoms with Gasteiger partial charge in [0.05, 0.1) is 0 Å². The maximum absolute atomic E-state index is 12.8. The minimum atomic E-state index is -0.785. The number of carbonyl (C=O) groups is 3. The molecule has 0 amide bonds. The van der Waals surface area contributed by atoms with Gasteiger partial charge in [-0.25, -0.2) is 0 Å². The van der Waals surface area contributed by atoms with Gasteiger partial charge in [-0.3, -0.25) is 14.4 Å². The molecule has 0 heterocycles. The Morgan fingerprint density at radius 3 is 1.03 bits per heavy atom. The molecule has 0 bridgehead atoms. The summed E-state index contributed by atoms with van der Waals surface area (Å²) in [7, 11) is 0. The fourth-order valence-electron chi connectivity index (χ4n) is 7.02. The van der Waals surface area contributed by atoms with Gasteiger partial charge in [-0.1, -0.05) is 197 Å². The number of allylic oxidation sites excluding steroid dienone is 10. The highest BCUT2D eigenvalue weighted by molar-refractivity contribution is 5.71. The zero-order chi connectivity index (χ0) is 44.4. The van der Waals surface area contributed by atoms with Gasteiger partial charge < -0.3 is 14.2 Å². The lowest BCUT2D eigenvalue weighted by Crippen LogP contribution is -2.30. The highest BCUT2D eigenvalue weighted by Crippen LogP contribution is 2.14. The van der Waals surface area contributed by atoms with Gasteiger partial charge >= 0.3 is 17.9 Å². The molecule has 0 saturated heterocycles. The van der Waals surface area contributed by atoms with E-state index in [1.165, 1.54) is 109 Å². The molecule has 6 nitrogen and oxygen atoms in total. The van der Waals surface area contributed by atoms with Crippen LogP contribution in [0.4, 0.5) is 0 Å². The molecule has 0 aliphatic carbocycles. The normalized spacial score (nSPS) is 12.5. The summed E-state index contributed by atoms with van der Waals surface area (Å²) < 4.78 is 16.8. The van der Waals surface area contributed by atoms with Crippen LogP contribution in [0.3, 0.4) is 0 Å². The van der Waals surface area contributed by atoms with E-state index in [0.717, 1.165) is 103 Å². The number of ether oxygens (including phenoxy) is 3. The summed E-state index contributed by atoms with van der Waals surface area (Å²) in [6.07, 6.45) is 60.6. The van der Waals surface area contributed by atoms with Crippen LogP contribution < -0.4 is 0 Å². The predicted octanol–water partition coefficient (Wildman–Crippen LogP) is 16.9. The Hall–Kier alpha value is -2.89. The van der Waals surface area contributed by atoms with Crippen LogP contribution in [0, 0.1) is 0 Å². The van der Waals surface area contributed by atoms with Gasteiger partial charge in [0.15, 0.2) is 6.10 Å². The fourth-order valence-corrected chi connectivity index (χ4v) is 7.02. The molecule has 0 radical (unpaired) electrons. The molecular formula is C55H96O6. The quantitative estimate of drug-likeness (QED) is 0.0263. The third-order valence-electron chi connectivity index (χ3n) is 10.9. The lowest BCUT2D eigenvalue weighted by atomic mass is 10.1. The van der Waals surface area contributed by atoms with Crippen LogP contribution in [0.25, 0.3) is 0 Å². The zero-order valence-electron chi connectivity index (χ0n) is 40.2.